The molecule has 5 nitrogen and oxygen atoms in total. The maximum Gasteiger partial charge on any atom is 0.227 e. The Labute approximate surface area is 146 Å². The average molecular weight is 333 g/mol. The van der Waals surface area contributed by atoms with Crippen LogP contribution in [0.5, 0.6) is 5.75 Å². The van der Waals surface area contributed by atoms with Gasteiger partial charge in [-0.05, 0) is 17.7 Å². The summed E-state index contributed by atoms with van der Waals surface area (Å²) in [6.45, 7) is 1.14. The van der Waals surface area contributed by atoms with Crippen molar-refractivity contribution in [3.63, 3.8) is 0 Å². The minimum Gasteiger partial charge on any atom is -0.497 e. The Morgan fingerprint density at radius 2 is 1.88 bits per heavy atom. The van der Waals surface area contributed by atoms with E-state index in [0.717, 1.165) is 33.8 Å². The third kappa shape index (κ3) is 3.01. The fourth-order valence-corrected chi connectivity index (χ4v) is 3.19. The van der Waals surface area contributed by atoms with Crippen LogP contribution >= 0.6 is 0 Å². The van der Waals surface area contributed by atoms with Gasteiger partial charge in [0, 0.05) is 17.7 Å². The Balaban J connectivity index is 1.55. The summed E-state index contributed by atoms with van der Waals surface area (Å²) < 4.78 is 5.18. The van der Waals surface area contributed by atoms with Gasteiger partial charge in [-0.3, -0.25) is 9.89 Å². The third-order valence-corrected chi connectivity index (χ3v) is 4.56. The number of rotatable bonds is 4. The molecule has 1 N–H and O–H groups in total. The Morgan fingerprint density at radius 1 is 1.12 bits per heavy atom. The number of methoxy groups -OCH3 is 1. The van der Waals surface area contributed by atoms with Gasteiger partial charge in [0.2, 0.25) is 5.91 Å². The first-order valence-electron chi connectivity index (χ1n) is 8.27. The van der Waals surface area contributed by atoms with E-state index >= 15 is 0 Å². The summed E-state index contributed by atoms with van der Waals surface area (Å²) in [7, 11) is 1.65. The zero-order valence-corrected chi connectivity index (χ0v) is 14.0. The van der Waals surface area contributed by atoms with Gasteiger partial charge in [-0.25, -0.2) is 0 Å². The summed E-state index contributed by atoms with van der Waals surface area (Å²) in [5.74, 6) is 0.943. The molecule has 2 heterocycles. The molecule has 126 valence electrons. The number of benzene rings is 2. The van der Waals surface area contributed by atoms with Crippen molar-refractivity contribution in [1.82, 2.24) is 15.1 Å². The van der Waals surface area contributed by atoms with Gasteiger partial charge in [0.15, 0.2) is 0 Å². The van der Waals surface area contributed by atoms with Gasteiger partial charge in [-0.1, -0.05) is 42.5 Å². The lowest BCUT2D eigenvalue weighted by Crippen LogP contribution is -2.35. The predicted octanol–water partition coefficient (Wildman–Crippen LogP) is 3.17. The summed E-state index contributed by atoms with van der Waals surface area (Å²) in [6.07, 6.45) is 0.381. The van der Waals surface area contributed by atoms with Gasteiger partial charge in [0.25, 0.3) is 0 Å². The van der Waals surface area contributed by atoms with E-state index in [4.69, 9.17) is 4.74 Å². The van der Waals surface area contributed by atoms with Crippen molar-refractivity contribution < 1.29 is 9.53 Å². The molecule has 0 saturated heterocycles. The summed E-state index contributed by atoms with van der Waals surface area (Å²) in [4.78, 5) is 14.5. The van der Waals surface area contributed by atoms with Crippen LogP contribution in [-0.4, -0.2) is 28.1 Å². The molecular weight excluding hydrogens is 314 g/mol. The van der Waals surface area contributed by atoms with Gasteiger partial charge in [-0.2, -0.15) is 5.10 Å². The van der Waals surface area contributed by atoms with Crippen molar-refractivity contribution >= 4 is 5.91 Å². The van der Waals surface area contributed by atoms with Crippen LogP contribution < -0.4 is 4.74 Å². The highest BCUT2D eigenvalue weighted by molar-refractivity contribution is 5.83. The monoisotopic (exact) mass is 333 g/mol. The quantitative estimate of drug-likeness (QED) is 0.798. The lowest BCUT2D eigenvalue weighted by Gasteiger charge is -2.27. The van der Waals surface area contributed by atoms with Gasteiger partial charge < -0.3 is 9.64 Å². The van der Waals surface area contributed by atoms with Crippen LogP contribution in [0.15, 0.2) is 54.6 Å². The van der Waals surface area contributed by atoms with Crippen LogP contribution in [-0.2, 0) is 24.3 Å². The van der Waals surface area contributed by atoms with E-state index in [0.29, 0.717) is 19.5 Å². The molecule has 5 heteroatoms. The molecule has 0 saturated carbocycles. The summed E-state index contributed by atoms with van der Waals surface area (Å²) in [5, 5.41) is 7.56. The number of ether oxygens (including phenoxy) is 1. The van der Waals surface area contributed by atoms with Crippen LogP contribution in [0.3, 0.4) is 0 Å². The number of carbonyl (C=O) groups excluding carboxylic acids is 1. The molecule has 1 aliphatic rings. The van der Waals surface area contributed by atoms with Crippen LogP contribution in [0.4, 0.5) is 0 Å². The maximum atomic E-state index is 12.6. The second kappa shape index (κ2) is 6.43. The molecule has 0 aliphatic carbocycles. The summed E-state index contributed by atoms with van der Waals surface area (Å²) >= 11 is 0. The highest BCUT2D eigenvalue weighted by atomic mass is 16.5. The van der Waals surface area contributed by atoms with Gasteiger partial charge in [0.1, 0.15) is 5.75 Å². The first-order valence-corrected chi connectivity index (χ1v) is 8.27. The first-order chi connectivity index (χ1) is 12.2. The largest absolute Gasteiger partial charge is 0.497 e. The number of aromatic amines is 1. The van der Waals surface area contributed by atoms with Crippen molar-refractivity contribution in [2.45, 2.75) is 19.5 Å². The van der Waals surface area contributed by atoms with Crippen molar-refractivity contribution in [3.8, 4) is 17.0 Å². The number of amides is 1. The number of carbonyl (C=O) groups is 1. The van der Waals surface area contributed by atoms with Gasteiger partial charge >= 0.3 is 0 Å². The van der Waals surface area contributed by atoms with E-state index in [1.165, 1.54) is 0 Å². The first kappa shape index (κ1) is 15.4. The average Bonchev–Trinajstić information content (AvgIpc) is 3.06. The molecular formula is C20H19N3O2. The molecule has 0 unspecified atom stereocenters. The number of hydrogen-bond acceptors (Lipinski definition) is 3. The predicted molar refractivity (Wildman–Crippen MR) is 95.0 cm³/mol. The lowest BCUT2D eigenvalue weighted by atomic mass is 9.99. The van der Waals surface area contributed by atoms with E-state index in [1.54, 1.807) is 7.11 Å². The number of H-pyrrole nitrogens is 1. The van der Waals surface area contributed by atoms with Crippen LogP contribution in [0.2, 0.25) is 0 Å². The summed E-state index contributed by atoms with van der Waals surface area (Å²) in [6, 6.07) is 17.8. The molecule has 1 aliphatic heterocycles. The molecule has 0 fully saturated rings. The molecule has 1 amide bonds. The number of nitrogens with zero attached hydrogens (tertiary/aromatic N) is 2. The fourth-order valence-electron chi connectivity index (χ4n) is 3.19. The molecule has 4 rings (SSSR count). The van der Waals surface area contributed by atoms with Gasteiger partial charge in [0.05, 0.1) is 31.5 Å². The SMILES string of the molecule is COc1ccc(CN2Cc3[nH]nc(-c4ccccc4)c3CC2=O)cc1. The van der Waals surface area contributed by atoms with Crippen LogP contribution in [0, 0.1) is 0 Å². The topological polar surface area (TPSA) is 58.2 Å². The van der Waals surface area contributed by atoms with Crippen molar-refractivity contribution in [3.05, 3.63) is 71.4 Å². The normalized spacial score (nSPS) is 13.6. The zero-order chi connectivity index (χ0) is 17.2. The smallest absolute Gasteiger partial charge is 0.227 e. The zero-order valence-electron chi connectivity index (χ0n) is 14.0. The Bertz CT molecular complexity index is 885. The molecule has 0 radical (unpaired) electrons. The second-order valence-electron chi connectivity index (χ2n) is 6.17. The van der Waals surface area contributed by atoms with E-state index in [1.807, 2.05) is 59.5 Å². The molecule has 2 aromatic carbocycles. The van der Waals surface area contributed by atoms with Crippen LogP contribution in [0.1, 0.15) is 16.8 Å². The molecule has 0 spiro atoms. The van der Waals surface area contributed by atoms with E-state index in [9.17, 15) is 4.79 Å². The minimum atomic E-state index is 0.127. The van der Waals surface area contributed by atoms with Gasteiger partial charge in [-0.15, -0.1) is 0 Å². The Kier molecular flexibility index (Phi) is 3.98. The fraction of sp³-hybridized carbons (Fsp3) is 0.200. The lowest BCUT2D eigenvalue weighted by molar-refractivity contribution is -0.132. The second-order valence-corrected chi connectivity index (χ2v) is 6.17. The highest BCUT2D eigenvalue weighted by Gasteiger charge is 2.27. The number of aromatic nitrogens is 2. The maximum absolute atomic E-state index is 12.6. The molecule has 1 aromatic heterocycles. The van der Waals surface area contributed by atoms with E-state index < -0.39 is 0 Å². The minimum absolute atomic E-state index is 0.127. The summed E-state index contributed by atoms with van der Waals surface area (Å²) in [5.41, 5.74) is 5.04. The molecule has 3 aromatic rings. The van der Waals surface area contributed by atoms with E-state index in [2.05, 4.69) is 10.2 Å². The third-order valence-electron chi connectivity index (χ3n) is 4.56. The van der Waals surface area contributed by atoms with E-state index in [-0.39, 0.29) is 5.91 Å². The van der Waals surface area contributed by atoms with Crippen molar-refractivity contribution in [2.75, 3.05) is 7.11 Å². The molecule has 0 atom stereocenters. The van der Waals surface area contributed by atoms with Crippen molar-refractivity contribution in [1.29, 1.82) is 0 Å². The Hall–Kier alpha value is -3.08. The highest BCUT2D eigenvalue weighted by Crippen LogP contribution is 2.29. The number of fused-ring (bicyclic) bond motifs is 1. The molecule has 0 bridgehead atoms. The number of hydrogen-bond donors (Lipinski definition) is 1. The van der Waals surface area contributed by atoms with Crippen molar-refractivity contribution in [2.24, 2.45) is 0 Å². The van der Waals surface area contributed by atoms with Crippen LogP contribution in [0.25, 0.3) is 11.3 Å². The standard InChI is InChI=1S/C20H19N3O2/c1-25-16-9-7-14(8-10-16)12-23-13-18-17(11-19(23)24)20(22-21-18)15-5-3-2-4-6-15/h2-10H,11-13H2,1H3,(H,21,22). The molecule has 25 heavy (non-hydrogen) atoms. The Morgan fingerprint density at radius 3 is 2.60 bits per heavy atom. The number of nitrogens with one attached hydrogen (secondary N) is 1.